The lowest BCUT2D eigenvalue weighted by molar-refractivity contribution is -0.369. The SMILES string of the molecule is COC(=O)C1=CO[C@@H](O[C@@H]2O[C@H](CO)[C@@H](O)[C@H](O[C@@H]3O[C@H](CO)[C@@H](O)[C@H](O)[C@H]3O)[C@H]2O)C(=CCOC(C)=O)[C@@H]1CC(=O)OCCc1ccc(O)c(O)c1. The molecule has 0 radical (unpaired) electrons. The highest BCUT2D eigenvalue weighted by Gasteiger charge is 2.52. The van der Waals surface area contributed by atoms with Crippen LogP contribution in [0.4, 0.5) is 0 Å². The number of ether oxygens (including phenoxy) is 8. The van der Waals surface area contributed by atoms with Crippen LogP contribution in [-0.4, -0.2) is 165 Å². The van der Waals surface area contributed by atoms with Crippen LogP contribution in [0, 0.1) is 5.92 Å². The number of rotatable bonds is 14. The fraction of sp³-hybridized carbons (Fsp3) is 0.606. The van der Waals surface area contributed by atoms with E-state index in [-0.39, 0.29) is 35.7 Å². The molecule has 12 atom stereocenters. The van der Waals surface area contributed by atoms with Gasteiger partial charge in [0.05, 0.1) is 45.2 Å². The van der Waals surface area contributed by atoms with Crippen LogP contribution in [0.1, 0.15) is 18.9 Å². The lowest BCUT2D eigenvalue weighted by atomic mass is 9.86. The molecule has 0 spiro atoms. The van der Waals surface area contributed by atoms with E-state index in [2.05, 4.69) is 0 Å². The number of hydrogen-bond acceptors (Lipinski definition) is 20. The average molecular weight is 761 g/mol. The van der Waals surface area contributed by atoms with Crippen molar-refractivity contribution in [1.82, 2.24) is 0 Å². The van der Waals surface area contributed by atoms with E-state index >= 15 is 0 Å². The lowest BCUT2D eigenvalue weighted by Gasteiger charge is -2.46. The maximum Gasteiger partial charge on any atom is 0.337 e. The fourth-order valence-corrected chi connectivity index (χ4v) is 5.80. The Hall–Kier alpha value is -3.93. The van der Waals surface area contributed by atoms with Gasteiger partial charge in [-0.15, -0.1) is 0 Å². The Morgan fingerprint density at radius 3 is 2.11 bits per heavy atom. The van der Waals surface area contributed by atoms with E-state index in [4.69, 9.17) is 37.9 Å². The van der Waals surface area contributed by atoms with Crippen LogP contribution in [0.15, 0.2) is 41.7 Å². The maximum absolute atomic E-state index is 13.1. The van der Waals surface area contributed by atoms with Gasteiger partial charge in [-0.25, -0.2) is 4.79 Å². The van der Waals surface area contributed by atoms with E-state index in [0.717, 1.165) is 20.3 Å². The van der Waals surface area contributed by atoms with Gasteiger partial charge in [0.25, 0.3) is 0 Å². The number of hydrogen-bond donors (Lipinski definition) is 9. The van der Waals surface area contributed by atoms with Gasteiger partial charge >= 0.3 is 17.9 Å². The lowest BCUT2D eigenvalue weighted by Crippen LogP contribution is -2.65. The summed E-state index contributed by atoms with van der Waals surface area (Å²) in [6.07, 6.45) is -17.4. The Bertz CT molecular complexity index is 1480. The highest BCUT2D eigenvalue weighted by Crippen LogP contribution is 2.37. The number of esters is 3. The molecule has 4 rings (SSSR count). The third kappa shape index (κ3) is 10.2. The molecule has 3 aliphatic heterocycles. The monoisotopic (exact) mass is 760 g/mol. The molecule has 1 aromatic carbocycles. The van der Waals surface area contributed by atoms with Gasteiger partial charge in [-0.2, -0.15) is 0 Å². The summed E-state index contributed by atoms with van der Waals surface area (Å²) in [6, 6.07) is 4.07. The predicted molar refractivity (Wildman–Crippen MR) is 170 cm³/mol. The first-order chi connectivity index (χ1) is 25.2. The largest absolute Gasteiger partial charge is 0.504 e. The van der Waals surface area contributed by atoms with E-state index < -0.39 is 118 Å². The third-order valence-electron chi connectivity index (χ3n) is 8.68. The number of aliphatic hydroxyl groups is 7. The number of carbonyl (C=O) groups is 3. The van der Waals surface area contributed by atoms with Crippen LogP contribution in [0.2, 0.25) is 0 Å². The molecule has 0 amide bonds. The number of aromatic hydroxyl groups is 2. The minimum absolute atomic E-state index is 0.0107. The molecular weight excluding hydrogens is 716 g/mol. The van der Waals surface area contributed by atoms with Gasteiger partial charge in [0.15, 0.2) is 24.1 Å². The van der Waals surface area contributed by atoms with Crippen LogP contribution >= 0.6 is 0 Å². The molecule has 0 aromatic heterocycles. The van der Waals surface area contributed by atoms with Crippen molar-refractivity contribution in [1.29, 1.82) is 0 Å². The first-order valence-electron chi connectivity index (χ1n) is 16.4. The van der Waals surface area contributed by atoms with Crippen molar-refractivity contribution < 1.29 is 98.2 Å². The number of benzene rings is 1. The van der Waals surface area contributed by atoms with E-state index in [1.165, 1.54) is 24.3 Å². The van der Waals surface area contributed by atoms with Gasteiger partial charge in [-0.3, -0.25) is 9.59 Å². The Morgan fingerprint density at radius 2 is 1.49 bits per heavy atom. The summed E-state index contributed by atoms with van der Waals surface area (Å²) in [5.41, 5.74) is 0.346. The molecule has 0 aliphatic carbocycles. The van der Waals surface area contributed by atoms with Gasteiger partial charge in [0.2, 0.25) is 6.29 Å². The number of carbonyl (C=O) groups excluding carboxylic acids is 3. The molecule has 2 fully saturated rings. The highest BCUT2D eigenvalue weighted by molar-refractivity contribution is 5.90. The quantitative estimate of drug-likeness (QED) is 0.0389. The predicted octanol–water partition coefficient (Wildman–Crippen LogP) is -3.27. The van der Waals surface area contributed by atoms with Gasteiger partial charge < -0.3 is 83.9 Å². The minimum Gasteiger partial charge on any atom is -0.504 e. The molecule has 296 valence electrons. The second kappa shape index (κ2) is 18.9. The zero-order chi connectivity index (χ0) is 39.0. The van der Waals surface area contributed by atoms with Crippen molar-refractivity contribution in [3.05, 3.63) is 47.2 Å². The molecule has 0 bridgehead atoms. The molecule has 20 nitrogen and oxygen atoms in total. The average Bonchev–Trinajstić information content (AvgIpc) is 3.13. The summed E-state index contributed by atoms with van der Waals surface area (Å²) in [7, 11) is 1.08. The number of methoxy groups -OCH3 is 1. The molecule has 0 unspecified atom stereocenters. The third-order valence-corrected chi connectivity index (χ3v) is 8.68. The number of aliphatic hydroxyl groups excluding tert-OH is 7. The van der Waals surface area contributed by atoms with Gasteiger partial charge in [0.1, 0.15) is 55.4 Å². The first kappa shape index (κ1) is 41.8. The maximum atomic E-state index is 13.1. The van der Waals surface area contributed by atoms with Gasteiger partial charge in [0, 0.05) is 24.8 Å². The Kier molecular flexibility index (Phi) is 14.9. The number of phenols is 2. The van der Waals surface area contributed by atoms with Crippen LogP contribution in [0.25, 0.3) is 0 Å². The van der Waals surface area contributed by atoms with Crippen LogP contribution in [0.3, 0.4) is 0 Å². The summed E-state index contributed by atoms with van der Waals surface area (Å²) in [5, 5.41) is 91.7. The van der Waals surface area contributed by atoms with Crippen LogP contribution < -0.4 is 0 Å². The smallest absolute Gasteiger partial charge is 0.337 e. The molecule has 2 saturated heterocycles. The summed E-state index contributed by atoms with van der Waals surface area (Å²) < 4.78 is 43.4. The molecule has 53 heavy (non-hydrogen) atoms. The fourth-order valence-electron chi connectivity index (χ4n) is 5.80. The molecule has 3 aliphatic rings. The molecule has 20 heteroatoms. The van der Waals surface area contributed by atoms with E-state index in [0.29, 0.717) is 5.56 Å². The normalized spacial score (nSPS) is 33.8. The van der Waals surface area contributed by atoms with Crippen molar-refractivity contribution in [3.8, 4) is 11.5 Å². The van der Waals surface area contributed by atoms with Crippen molar-refractivity contribution in [2.45, 2.75) is 87.5 Å². The zero-order valence-corrected chi connectivity index (χ0v) is 28.6. The topological polar surface area (TPSA) is 307 Å². The summed E-state index contributed by atoms with van der Waals surface area (Å²) in [5.74, 6) is -4.32. The molecular formula is C33H44O20. The van der Waals surface area contributed by atoms with Gasteiger partial charge in [-0.05, 0) is 23.8 Å². The molecule has 1 aromatic rings. The zero-order valence-electron chi connectivity index (χ0n) is 28.6. The summed E-state index contributed by atoms with van der Waals surface area (Å²) in [6.45, 7) is -1.09. The first-order valence-corrected chi connectivity index (χ1v) is 16.4. The standard InChI is InChI=1S/C33H44O20/c1-14(36)47-8-6-16-17(10-23(39)48-7-5-15-3-4-19(37)20(38)9-15)18(30(45)46-2)13-49-31(16)53-33-28(44)29(25(41)22(12-35)51-33)52-32-27(43)26(42)24(40)21(11-34)50-32/h3-4,6,9,13,17,21-22,24-29,31-35,37-38,40-44H,5,7-8,10-12H2,1-2H3/t17-,21+,22+,24+,25+,26-,27+,28+,29-,31-,32-,33-/m0/s1. The summed E-state index contributed by atoms with van der Waals surface area (Å²) in [4.78, 5) is 37.5. The molecule has 0 saturated carbocycles. The number of phenolic OH excluding ortho intramolecular Hbond substituents is 2. The van der Waals surface area contributed by atoms with Crippen LogP contribution in [0.5, 0.6) is 11.5 Å². The van der Waals surface area contributed by atoms with Gasteiger partial charge in [-0.1, -0.05) is 6.07 Å². The molecule has 9 N–H and O–H groups in total. The van der Waals surface area contributed by atoms with Crippen molar-refractivity contribution in [2.75, 3.05) is 33.5 Å². The second-order valence-corrected chi connectivity index (χ2v) is 12.2. The van der Waals surface area contributed by atoms with Crippen LogP contribution in [-0.2, 0) is 58.7 Å². The molecule has 3 heterocycles. The second-order valence-electron chi connectivity index (χ2n) is 12.2. The minimum atomic E-state index is -1.97. The van der Waals surface area contributed by atoms with Crippen molar-refractivity contribution in [2.24, 2.45) is 5.92 Å². The summed E-state index contributed by atoms with van der Waals surface area (Å²) >= 11 is 0. The van der Waals surface area contributed by atoms with E-state index in [1.807, 2.05) is 0 Å². The Morgan fingerprint density at radius 1 is 0.830 bits per heavy atom. The van der Waals surface area contributed by atoms with Crippen molar-refractivity contribution >= 4 is 17.9 Å². The Balaban J connectivity index is 1.57. The Labute approximate surface area is 301 Å². The van der Waals surface area contributed by atoms with Crippen molar-refractivity contribution in [3.63, 3.8) is 0 Å². The highest BCUT2D eigenvalue weighted by atomic mass is 16.8. The van der Waals surface area contributed by atoms with E-state index in [1.54, 1.807) is 0 Å². The van der Waals surface area contributed by atoms with E-state index in [9.17, 15) is 60.3 Å².